The quantitative estimate of drug-likeness (QED) is 0.640. The average molecular weight is 369 g/mol. The summed E-state index contributed by atoms with van der Waals surface area (Å²) in [5.41, 5.74) is 0.212. The summed E-state index contributed by atoms with van der Waals surface area (Å²) in [5, 5.41) is 21.1. The summed E-state index contributed by atoms with van der Waals surface area (Å²) in [6.45, 7) is 1.95. The van der Waals surface area contributed by atoms with Crippen LogP contribution in [0.2, 0.25) is 0 Å². The number of nitro benzene ring substituents is 1. The van der Waals surface area contributed by atoms with Crippen molar-refractivity contribution in [1.82, 2.24) is 4.31 Å². The predicted molar refractivity (Wildman–Crippen MR) is 93.2 cm³/mol. The Morgan fingerprint density at radius 2 is 1.72 bits per heavy atom. The molecule has 0 amide bonds. The van der Waals surface area contributed by atoms with Crippen molar-refractivity contribution >= 4 is 21.4 Å². The molecular formula is C16H23N3O5S. The Bertz CT molecular complexity index is 738. The Labute approximate surface area is 147 Å². The summed E-state index contributed by atoms with van der Waals surface area (Å²) in [6.07, 6.45) is 3.35. The number of aliphatic hydroxyl groups excluding tert-OH is 1. The maximum absolute atomic E-state index is 12.7. The molecule has 0 radical (unpaired) electrons. The lowest BCUT2D eigenvalue weighted by Gasteiger charge is -2.31. The smallest absolute Gasteiger partial charge is 0.293 e. The van der Waals surface area contributed by atoms with Gasteiger partial charge in [0.1, 0.15) is 5.69 Å². The van der Waals surface area contributed by atoms with Crippen molar-refractivity contribution in [1.29, 1.82) is 0 Å². The van der Waals surface area contributed by atoms with Gasteiger partial charge >= 0.3 is 0 Å². The number of anilines is 1. The standard InChI is InChI=1S/C16H23N3O5S/c20-13-6-10-17(11-7-13)15-5-4-14(12-16(15)19(21)22)25(23,24)18-8-2-1-3-9-18/h4-5,12-13,20H,1-3,6-11H2. The maximum Gasteiger partial charge on any atom is 0.293 e. The minimum Gasteiger partial charge on any atom is -0.393 e. The van der Waals surface area contributed by atoms with Crippen molar-refractivity contribution in [2.45, 2.75) is 43.1 Å². The summed E-state index contributed by atoms with van der Waals surface area (Å²) in [5.74, 6) is 0. The van der Waals surface area contributed by atoms with Gasteiger partial charge in [-0.3, -0.25) is 10.1 Å². The van der Waals surface area contributed by atoms with Crippen LogP contribution in [0.4, 0.5) is 11.4 Å². The zero-order valence-electron chi connectivity index (χ0n) is 14.0. The molecule has 1 aromatic carbocycles. The van der Waals surface area contributed by atoms with E-state index in [0.717, 1.165) is 19.3 Å². The first-order valence-electron chi connectivity index (χ1n) is 8.61. The van der Waals surface area contributed by atoms with Crippen LogP contribution in [-0.4, -0.2) is 55.0 Å². The van der Waals surface area contributed by atoms with Crippen molar-refractivity contribution in [2.24, 2.45) is 0 Å². The molecule has 0 aromatic heterocycles. The Hall–Kier alpha value is -1.71. The predicted octanol–water partition coefficient (Wildman–Crippen LogP) is 1.73. The number of hydrogen-bond acceptors (Lipinski definition) is 6. The molecular weight excluding hydrogens is 346 g/mol. The van der Waals surface area contributed by atoms with E-state index in [4.69, 9.17) is 0 Å². The largest absolute Gasteiger partial charge is 0.393 e. The van der Waals surface area contributed by atoms with E-state index in [2.05, 4.69) is 0 Å². The Morgan fingerprint density at radius 3 is 2.32 bits per heavy atom. The van der Waals surface area contributed by atoms with E-state index in [1.165, 1.54) is 22.5 Å². The number of sulfonamides is 1. The summed E-state index contributed by atoms with van der Waals surface area (Å²) in [4.78, 5) is 12.8. The molecule has 0 unspecified atom stereocenters. The lowest BCUT2D eigenvalue weighted by Crippen LogP contribution is -2.37. The van der Waals surface area contributed by atoms with Gasteiger partial charge in [0.25, 0.3) is 5.69 Å². The number of hydrogen-bond donors (Lipinski definition) is 1. The SMILES string of the molecule is O=[N+]([O-])c1cc(S(=O)(=O)N2CCCCC2)ccc1N1CCC(O)CC1. The van der Waals surface area contributed by atoms with E-state index < -0.39 is 14.9 Å². The minimum absolute atomic E-state index is 0.0260. The Kier molecular flexibility index (Phi) is 5.26. The number of rotatable bonds is 4. The van der Waals surface area contributed by atoms with Crippen LogP contribution in [0.15, 0.2) is 23.1 Å². The van der Waals surface area contributed by atoms with Gasteiger partial charge in [-0.05, 0) is 37.8 Å². The van der Waals surface area contributed by atoms with E-state index in [1.54, 1.807) is 0 Å². The fourth-order valence-electron chi connectivity index (χ4n) is 3.44. The summed E-state index contributed by atoms with van der Waals surface area (Å²) >= 11 is 0. The molecule has 2 saturated heterocycles. The van der Waals surface area contributed by atoms with E-state index in [0.29, 0.717) is 44.7 Å². The van der Waals surface area contributed by atoms with Crippen LogP contribution >= 0.6 is 0 Å². The molecule has 0 atom stereocenters. The van der Waals surface area contributed by atoms with Crippen LogP contribution in [0.1, 0.15) is 32.1 Å². The van der Waals surface area contributed by atoms with Crippen molar-refractivity contribution in [2.75, 3.05) is 31.1 Å². The van der Waals surface area contributed by atoms with Gasteiger partial charge in [-0.25, -0.2) is 8.42 Å². The van der Waals surface area contributed by atoms with Gasteiger partial charge in [0, 0.05) is 32.2 Å². The second-order valence-electron chi connectivity index (χ2n) is 6.59. The van der Waals surface area contributed by atoms with Gasteiger partial charge in [0.05, 0.1) is 15.9 Å². The average Bonchev–Trinajstić information content (AvgIpc) is 2.62. The van der Waals surface area contributed by atoms with E-state index >= 15 is 0 Å². The molecule has 1 N–H and O–H groups in total. The number of nitro groups is 1. The molecule has 2 heterocycles. The third kappa shape index (κ3) is 3.78. The van der Waals surface area contributed by atoms with Crippen LogP contribution in [0.3, 0.4) is 0 Å². The number of nitrogens with zero attached hydrogens (tertiary/aromatic N) is 3. The van der Waals surface area contributed by atoms with Gasteiger partial charge in [0.15, 0.2) is 0 Å². The molecule has 2 fully saturated rings. The zero-order chi connectivity index (χ0) is 18.0. The highest BCUT2D eigenvalue weighted by Gasteiger charge is 2.30. The minimum atomic E-state index is -3.70. The first-order valence-corrected chi connectivity index (χ1v) is 10.1. The van der Waals surface area contributed by atoms with Gasteiger partial charge in [-0.2, -0.15) is 4.31 Å². The van der Waals surface area contributed by atoms with Crippen LogP contribution in [0.5, 0.6) is 0 Å². The number of piperidine rings is 2. The molecule has 9 heteroatoms. The lowest BCUT2D eigenvalue weighted by atomic mass is 10.1. The summed E-state index contributed by atoms with van der Waals surface area (Å²) in [6, 6.07) is 4.15. The molecule has 3 rings (SSSR count). The van der Waals surface area contributed by atoms with Gasteiger partial charge in [-0.1, -0.05) is 6.42 Å². The molecule has 0 spiro atoms. The van der Waals surface area contributed by atoms with Crippen molar-refractivity contribution in [3.8, 4) is 0 Å². The molecule has 25 heavy (non-hydrogen) atoms. The third-order valence-corrected chi connectivity index (χ3v) is 6.80. The molecule has 2 aliphatic rings. The maximum atomic E-state index is 12.7. The third-order valence-electron chi connectivity index (χ3n) is 4.90. The number of benzene rings is 1. The highest BCUT2D eigenvalue weighted by molar-refractivity contribution is 7.89. The zero-order valence-corrected chi connectivity index (χ0v) is 14.8. The van der Waals surface area contributed by atoms with Crippen LogP contribution in [0, 0.1) is 10.1 Å². The highest BCUT2D eigenvalue weighted by Crippen LogP contribution is 2.33. The van der Waals surface area contributed by atoms with Crippen molar-refractivity contribution in [3.05, 3.63) is 28.3 Å². The Balaban J connectivity index is 1.92. The van der Waals surface area contributed by atoms with Crippen LogP contribution < -0.4 is 4.90 Å². The molecule has 138 valence electrons. The normalized spacial score (nSPS) is 20.6. The molecule has 0 bridgehead atoms. The van der Waals surface area contributed by atoms with E-state index in [9.17, 15) is 23.6 Å². The second-order valence-corrected chi connectivity index (χ2v) is 8.53. The van der Waals surface area contributed by atoms with Crippen molar-refractivity contribution in [3.63, 3.8) is 0 Å². The first kappa shape index (κ1) is 18.1. The molecule has 0 aliphatic carbocycles. The van der Waals surface area contributed by atoms with Gasteiger partial charge in [0.2, 0.25) is 10.0 Å². The summed E-state index contributed by atoms with van der Waals surface area (Å²) in [7, 11) is -3.70. The van der Waals surface area contributed by atoms with Crippen molar-refractivity contribution < 1.29 is 18.4 Å². The molecule has 2 aliphatic heterocycles. The lowest BCUT2D eigenvalue weighted by molar-refractivity contribution is -0.384. The summed E-state index contributed by atoms with van der Waals surface area (Å²) < 4.78 is 26.9. The first-order chi connectivity index (χ1) is 11.9. The monoisotopic (exact) mass is 369 g/mol. The topological polar surface area (TPSA) is 104 Å². The molecule has 8 nitrogen and oxygen atoms in total. The van der Waals surface area contributed by atoms with E-state index in [-0.39, 0.29) is 16.7 Å². The molecule has 1 aromatic rings. The Morgan fingerprint density at radius 1 is 1.08 bits per heavy atom. The fourth-order valence-corrected chi connectivity index (χ4v) is 4.98. The van der Waals surface area contributed by atoms with E-state index in [1.807, 2.05) is 4.90 Å². The van der Waals surface area contributed by atoms with Crippen LogP contribution in [0.25, 0.3) is 0 Å². The highest BCUT2D eigenvalue weighted by atomic mass is 32.2. The van der Waals surface area contributed by atoms with Gasteiger partial charge in [-0.15, -0.1) is 0 Å². The fraction of sp³-hybridized carbons (Fsp3) is 0.625. The number of aliphatic hydroxyl groups is 1. The molecule has 0 saturated carbocycles. The second kappa shape index (κ2) is 7.27. The van der Waals surface area contributed by atoms with Gasteiger partial charge < -0.3 is 10.0 Å². The van der Waals surface area contributed by atoms with Crippen LogP contribution in [-0.2, 0) is 10.0 Å².